The molecule has 0 aromatic heterocycles. The first-order valence-electron chi connectivity index (χ1n) is 5.31. The van der Waals surface area contributed by atoms with Crippen molar-refractivity contribution in [2.45, 2.75) is 25.2 Å². The van der Waals surface area contributed by atoms with Gasteiger partial charge >= 0.3 is 6.18 Å². The van der Waals surface area contributed by atoms with Crippen LogP contribution < -0.4 is 0 Å². The minimum atomic E-state index is -4.25. The lowest BCUT2D eigenvalue weighted by atomic mass is 10.0. The smallest absolute Gasteiger partial charge is 0.387 e. The molecule has 0 amide bonds. The Labute approximate surface area is 98.7 Å². The van der Waals surface area contributed by atoms with Crippen LogP contribution in [0.4, 0.5) is 13.2 Å². The number of aliphatic hydroxyl groups is 1. The fourth-order valence-electron chi connectivity index (χ4n) is 1.60. The zero-order valence-corrected chi connectivity index (χ0v) is 9.78. The molecule has 1 aromatic rings. The standard InChI is InChI=1S/C12H16F3NO/c1-9(16(2)8-12(13,14)15)11(17)10-6-4-3-5-7-10/h3-7,9,11,17H,8H2,1-2H3. The van der Waals surface area contributed by atoms with Crippen molar-refractivity contribution in [1.29, 1.82) is 0 Å². The molecule has 0 aliphatic carbocycles. The van der Waals surface area contributed by atoms with E-state index in [1.165, 1.54) is 7.05 Å². The van der Waals surface area contributed by atoms with E-state index in [4.69, 9.17) is 0 Å². The zero-order valence-electron chi connectivity index (χ0n) is 9.78. The SMILES string of the molecule is CC(C(O)c1ccccc1)N(C)CC(F)(F)F. The molecule has 0 bridgehead atoms. The summed E-state index contributed by atoms with van der Waals surface area (Å²) < 4.78 is 36.6. The number of hydrogen-bond donors (Lipinski definition) is 1. The normalized spacial score (nSPS) is 15.9. The fraction of sp³-hybridized carbons (Fsp3) is 0.500. The third-order valence-corrected chi connectivity index (χ3v) is 2.72. The summed E-state index contributed by atoms with van der Waals surface area (Å²) in [4.78, 5) is 1.09. The van der Waals surface area contributed by atoms with Crippen molar-refractivity contribution in [3.8, 4) is 0 Å². The summed E-state index contributed by atoms with van der Waals surface area (Å²) in [5.41, 5.74) is 0.619. The highest BCUT2D eigenvalue weighted by Gasteiger charge is 2.32. The second-order valence-corrected chi connectivity index (χ2v) is 4.13. The summed E-state index contributed by atoms with van der Waals surface area (Å²) in [6.45, 7) is 0.543. The molecule has 2 nitrogen and oxygen atoms in total. The first kappa shape index (κ1) is 14.0. The maximum absolute atomic E-state index is 12.2. The van der Waals surface area contributed by atoms with Crippen LogP contribution in [0.1, 0.15) is 18.6 Å². The number of halogens is 3. The lowest BCUT2D eigenvalue weighted by Gasteiger charge is -2.29. The van der Waals surface area contributed by atoms with Crippen LogP contribution in [0.2, 0.25) is 0 Å². The Kier molecular flexibility index (Phi) is 4.54. The quantitative estimate of drug-likeness (QED) is 0.884. The number of benzene rings is 1. The molecule has 0 saturated carbocycles. The van der Waals surface area contributed by atoms with Crippen molar-refractivity contribution in [1.82, 2.24) is 4.90 Å². The van der Waals surface area contributed by atoms with Gasteiger partial charge in [0.2, 0.25) is 0 Å². The molecular formula is C12H16F3NO. The van der Waals surface area contributed by atoms with Crippen molar-refractivity contribution < 1.29 is 18.3 Å². The van der Waals surface area contributed by atoms with Gasteiger partial charge in [-0.3, -0.25) is 4.90 Å². The van der Waals surface area contributed by atoms with E-state index in [1.807, 2.05) is 0 Å². The molecule has 0 heterocycles. The van der Waals surface area contributed by atoms with Gasteiger partial charge in [-0.2, -0.15) is 13.2 Å². The van der Waals surface area contributed by atoms with Gasteiger partial charge < -0.3 is 5.11 Å². The molecule has 5 heteroatoms. The summed E-state index contributed by atoms with van der Waals surface area (Å²) in [7, 11) is 1.35. The van der Waals surface area contributed by atoms with E-state index in [2.05, 4.69) is 0 Å². The van der Waals surface area contributed by atoms with E-state index < -0.39 is 24.9 Å². The van der Waals surface area contributed by atoms with Gasteiger partial charge in [0.15, 0.2) is 0 Å². The van der Waals surface area contributed by atoms with Crippen LogP contribution in [0.25, 0.3) is 0 Å². The highest BCUT2D eigenvalue weighted by molar-refractivity contribution is 5.18. The molecule has 2 unspecified atom stereocenters. The van der Waals surface area contributed by atoms with Crippen molar-refractivity contribution in [2.75, 3.05) is 13.6 Å². The van der Waals surface area contributed by atoms with E-state index in [-0.39, 0.29) is 0 Å². The van der Waals surface area contributed by atoms with Gasteiger partial charge in [-0.1, -0.05) is 30.3 Å². The van der Waals surface area contributed by atoms with E-state index in [1.54, 1.807) is 37.3 Å². The minimum absolute atomic E-state index is 0.598. The van der Waals surface area contributed by atoms with Gasteiger partial charge in [-0.15, -0.1) is 0 Å². The van der Waals surface area contributed by atoms with Crippen LogP contribution in [0.15, 0.2) is 30.3 Å². The molecule has 17 heavy (non-hydrogen) atoms. The van der Waals surface area contributed by atoms with E-state index in [0.29, 0.717) is 5.56 Å². The Hall–Kier alpha value is -1.07. The molecule has 0 radical (unpaired) electrons. The molecule has 0 fully saturated rings. The molecule has 1 aromatic carbocycles. The number of nitrogens with zero attached hydrogens (tertiary/aromatic N) is 1. The van der Waals surface area contributed by atoms with Crippen LogP contribution in [0, 0.1) is 0 Å². The molecule has 0 aliphatic rings. The van der Waals surface area contributed by atoms with E-state index in [0.717, 1.165) is 4.90 Å². The first-order valence-corrected chi connectivity index (χ1v) is 5.31. The van der Waals surface area contributed by atoms with Gasteiger partial charge in [0.05, 0.1) is 12.6 Å². The number of aliphatic hydroxyl groups excluding tert-OH is 1. The van der Waals surface area contributed by atoms with E-state index in [9.17, 15) is 18.3 Å². The van der Waals surface area contributed by atoms with Gasteiger partial charge in [-0.05, 0) is 19.5 Å². The van der Waals surface area contributed by atoms with Crippen molar-refractivity contribution in [3.05, 3.63) is 35.9 Å². The Bertz CT molecular complexity index is 339. The summed E-state index contributed by atoms with van der Waals surface area (Å²) in [5, 5.41) is 9.95. The number of alkyl halides is 3. The predicted molar refractivity (Wildman–Crippen MR) is 59.5 cm³/mol. The van der Waals surface area contributed by atoms with Crippen LogP contribution in [0.5, 0.6) is 0 Å². The Morgan fingerprint density at radius 3 is 2.24 bits per heavy atom. The predicted octanol–water partition coefficient (Wildman–Crippen LogP) is 2.60. The molecule has 2 atom stereocenters. The summed E-state index contributed by atoms with van der Waals surface area (Å²) >= 11 is 0. The molecule has 0 aliphatic heterocycles. The summed E-state index contributed by atoms with van der Waals surface area (Å²) in [5.74, 6) is 0. The second-order valence-electron chi connectivity index (χ2n) is 4.13. The van der Waals surface area contributed by atoms with Crippen LogP contribution in [-0.4, -0.2) is 35.8 Å². The van der Waals surface area contributed by atoms with Crippen LogP contribution in [0.3, 0.4) is 0 Å². The lowest BCUT2D eigenvalue weighted by Crippen LogP contribution is -2.40. The molecule has 1 rings (SSSR count). The maximum Gasteiger partial charge on any atom is 0.401 e. The molecule has 96 valence electrons. The highest BCUT2D eigenvalue weighted by atomic mass is 19.4. The van der Waals surface area contributed by atoms with Gasteiger partial charge in [0, 0.05) is 6.04 Å². The second kappa shape index (κ2) is 5.51. The van der Waals surface area contributed by atoms with E-state index >= 15 is 0 Å². The maximum atomic E-state index is 12.2. The Balaban J connectivity index is 2.67. The third kappa shape index (κ3) is 4.36. The molecular weight excluding hydrogens is 231 g/mol. The number of hydrogen-bond acceptors (Lipinski definition) is 2. The molecule has 1 N–H and O–H groups in total. The first-order chi connectivity index (χ1) is 7.81. The monoisotopic (exact) mass is 247 g/mol. The van der Waals surface area contributed by atoms with Crippen molar-refractivity contribution in [3.63, 3.8) is 0 Å². The number of rotatable bonds is 4. The average Bonchev–Trinajstić information content (AvgIpc) is 2.26. The van der Waals surface area contributed by atoms with Crippen molar-refractivity contribution in [2.24, 2.45) is 0 Å². The zero-order chi connectivity index (χ0) is 13.1. The van der Waals surface area contributed by atoms with Crippen molar-refractivity contribution >= 4 is 0 Å². The topological polar surface area (TPSA) is 23.5 Å². The lowest BCUT2D eigenvalue weighted by molar-refractivity contribution is -0.151. The number of likely N-dealkylation sites (N-methyl/N-ethyl adjacent to an activating group) is 1. The van der Waals surface area contributed by atoms with Gasteiger partial charge in [0.25, 0.3) is 0 Å². The van der Waals surface area contributed by atoms with Gasteiger partial charge in [0.1, 0.15) is 0 Å². The highest BCUT2D eigenvalue weighted by Crippen LogP contribution is 2.23. The molecule has 0 saturated heterocycles. The Morgan fingerprint density at radius 1 is 1.24 bits per heavy atom. The summed E-state index contributed by atoms with van der Waals surface area (Å²) in [6.07, 6.45) is -5.18. The molecule has 0 spiro atoms. The average molecular weight is 247 g/mol. The van der Waals surface area contributed by atoms with Gasteiger partial charge in [-0.25, -0.2) is 0 Å². The largest absolute Gasteiger partial charge is 0.401 e. The van der Waals surface area contributed by atoms with Crippen LogP contribution >= 0.6 is 0 Å². The fourth-order valence-corrected chi connectivity index (χ4v) is 1.60. The third-order valence-electron chi connectivity index (χ3n) is 2.72. The summed E-state index contributed by atoms with van der Waals surface area (Å²) in [6, 6.07) is 8.08. The Morgan fingerprint density at radius 2 is 1.76 bits per heavy atom. The van der Waals surface area contributed by atoms with Crippen LogP contribution in [-0.2, 0) is 0 Å². The minimum Gasteiger partial charge on any atom is -0.387 e.